The number of hydrogen-bond acceptors (Lipinski definition) is 5. The van der Waals surface area contributed by atoms with Gasteiger partial charge in [-0.25, -0.2) is 4.39 Å². The second-order valence-corrected chi connectivity index (χ2v) is 5.22. The molecule has 0 aliphatic heterocycles. The van der Waals surface area contributed by atoms with Crippen molar-refractivity contribution in [2.45, 2.75) is 26.8 Å². The van der Waals surface area contributed by atoms with E-state index in [0.29, 0.717) is 6.54 Å². The topological polar surface area (TPSA) is 41.1 Å². The number of hydrogen-bond donors (Lipinski definition) is 1. The summed E-state index contributed by atoms with van der Waals surface area (Å²) in [6.45, 7) is 6.61. The first kappa shape index (κ1) is 14.7. The van der Waals surface area contributed by atoms with E-state index < -0.39 is 0 Å². The lowest BCUT2D eigenvalue weighted by atomic mass is 10.2. The van der Waals surface area contributed by atoms with Crippen LogP contribution in [0.4, 0.5) is 15.1 Å². The van der Waals surface area contributed by atoms with Crippen LogP contribution in [0.5, 0.6) is 0 Å². The van der Waals surface area contributed by atoms with Crippen molar-refractivity contribution in [2.75, 3.05) is 23.3 Å². The highest BCUT2D eigenvalue weighted by Gasteiger charge is 2.12. The Morgan fingerprint density at radius 3 is 2.65 bits per heavy atom. The van der Waals surface area contributed by atoms with Gasteiger partial charge in [-0.3, -0.25) is 0 Å². The Labute approximate surface area is 122 Å². The highest BCUT2D eigenvalue weighted by molar-refractivity contribution is 7.10. The van der Waals surface area contributed by atoms with Crippen LogP contribution in [0.15, 0.2) is 24.3 Å². The number of nitrogens with one attached hydrogen (secondary N) is 1. The zero-order valence-electron chi connectivity index (χ0n) is 11.8. The number of halogens is 1. The van der Waals surface area contributed by atoms with E-state index in [1.54, 1.807) is 12.1 Å². The Balaban J connectivity index is 2.10. The van der Waals surface area contributed by atoms with Gasteiger partial charge in [0.1, 0.15) is 16.5 Å². The molecule has 0 amide bonds. The summed E-state index contributed by atoms with van der Waals surface area (Å²) in [5, 5.41) is 8.55. The molecule has 0 atom stereocenters. The van der Waals surface area contributed by atoms with Crippen LogP contribution >= 0.6 is 11.5 Å². The van der Waals surface area contributed by atoms with Gasteiger partial charge >= 0.3 is 0 Å². The Hall–Kier alpha value is -1.69. The SMILES string of the molecule is CCCNc1snnc1CN(CC)c1ccc(F)cc1. The van der Waals surface area contributed by atoms with Crippen LogP contribution in [-0.2, 0) is 6.54 Å². The third-order valence-electron chi connectivity index (χ3n) is 3.01. The van der Waals surface area contributed by atoms with Gasteiger partial charge in [0.05, 0.1) is 6.54 Å². The van der Waals surface area contributed by atoms with E-state index in [1.165, 1.54) is 23.7 Å². The highest BCUT2D eigenvalue weighted by Crippen LogP contribution is 2.23. The van der Waals surface area contributed by atoms with Crippen molar-refractivity contribution >= 4 is 22.2 Å². The molecule has 0 saturated carbocycles. The molecule has 6 heteroatoms. The molecular formula is C14H19FN4S. The summed E-state index contributed by atoms with van der Waals surface area (Å²) < 4.78 is 17.0. The zero-order chi connectivity index (χ0) is 14.4. The van der Waals surface area contributed by atoms with Crippen LogP contribution < -0.4 is 10.2 Å². The minimum Gasteiger partial charge on any atom is -0.374 e. The smallest absolute Gasteiger partial charge is 0.135 e. The maximum absolute atomic E-state index is 13.0. The molecular weight excluding hydrogens is 275 g/mol. The van der Waals surface area contributed by atoms with E-state index in [4.69, 9.17) is 0 Å². The molecule has 0 spiro atoms. The average molecular weight is 294 g/mol. The van der Waals surface area contributed by atoms with Crippen molar-refractivity contribution in [1.29, 1.82) is 0 Å². The van der Waals surface area contributed by atoms with E-state index in [0.717, 1.165) is 35.9 Å². The van der Waals surface area contributed by atoms with Crippen molar-refractivity contribution in [1.82, 2.24) is 9.59 Å². The van der Waals surface area contributed by atoms with Gasteiger partial charge in [0.15, 0.2) is 0 Å². The second-order valence-electron chi connectivity index (χ2n) is 4.47. The van der Waals surface area contributed by atoms with Crippen molar-refractivity contribution in [3.63, 3.8) is 0 Å². The first-order valence-electron chi connectivity index (χ1n) is 6.80. The van der Waals surface area contributed by atoms with E-state index in [9.17, 15) is 4.39 Å². The fourth-order valence-electron chi connectivity index (χ4n) is 1.90. The van der Waals surface area contributed by atoms with Crippen LogP contribution in [-0.4, -0.2) is 22.7 Å². The number of anilines is 2. The van der Waals surface area contributed by atoms with Crippen LogP contribution in [0.25, 0.3) is 0 Å². The summed E-state index contributed by atoms with van der Waals surface area (Å²) in [4.78, 5) is 2.15. The predicted molar refractivity (Wildman–Crippen MR) is 81.8 cm³/mol. The summed E-state index contributed by atoms with van der Waals surface area (Å²) in [6.07, 6.45) is 1.06. The molecule has 0 bridgehead atoms. The van der Waals surface area contributed by atoms with Crippen LogP contribution in [0, 0.1) is 5.82 Å². The summed E-state index contributed by atoms with van der Waals surface area (Å²) in [6, 6.07) is 6.54. The van der Waals surface area contributed by atoms with Gasteiger partial charge in [0.2, 0.25) is 0 Å². The maximum atomic E-state index is 13.0. The lowest BCUT2D eigenvalue weighted by molar-refractivity contribution is 0.627. The molecule has 0 radical (unpaired) electrons. The van der Waals surface area contributed by atoms with Gasteiger partial charge in [-0.2, -0.15) is 0 Å². The first-order valence-corrected chi connectivity index (χ1v) is 7.57. The first-order chi connectivity index (χ1) is 9.74. The maximum Gasteiger partial charge on any atom is 0.135 e. The van der Waals surface area contributed by atoms with E-state index in [2.05, 4.69) is 33.7 Å². The number of rotatable bonds is 7. The van der Waals surface area contributed by atoms with E-state index >= 15 is 0 Å². The van der Waals surface area contributed by atoms with Crippen molar-refractivity contribution in [2.24, 2.45) is 0 Å². The summed E-state index contributed by atoms with van der Waals surface area (Å²) in [7, 11) is 0. The number of aromatic nitrogens is 2. The molecule has 1 N–H and O–H groups in total. The largest absolute Gasteiger partial charge is 0.374 e. The minimum atomic E-state index is -0.217. The normalized spacial score (nSPS) is 10.6. The monoisotopic (exact) mass is 294 g/mol. The van der Waals surface area contributed by atoms with Crippen LogP contribution in [0.3, 0.4) is 0 Å². The summed E-state index contributed by atoms with van der Waals surface area (Å²) in [5.74, 6) is -0.217. The fraction of sp³-hybridized carbons (Fsp3) is 0.429. The molecule has 1 aromatic carbocycles. The molecule has 0 unspecified atom stereocenters. The lowest BCUT2D eigenvalue weighted by Gasteiger charge is -2.22. The standard InChI is InChI=1S/C14H19FN4S/c1-3-9-16-14-13(17-18-20-14)10-19(4-2)12-7-5-11(15)6-8-12/h5-8,16H,3-4,9-10H2,1-2H3. The van der Waals surface area contributed by atoms with Gasteiger partial charge in [0, 0.05) is 30.3 Å². The van der Waals surface area contributed by atoms with Gasteiger partial charge in [-0.15, -0.1) is 5.10 Å². The Kier molecular flexibility index (Phi) is 5.29. The quantitative estimate of drug-likeness (QED) is 0.848. The third-order valence-corrected chi connectivity index (χ3v) is 3.73. The summed E-state index contributed by atoms with van der Waals surface area (Å²) >= 11 is 1.38. The molecule has 20 heavy (non-hydrogen) atoms. The number of benzene rings is 1. The molecule has 2 aromatic rings. The lowest BCUT2D eigenvalue weighted by Crippen LogP contribution is -2.22. The third kappa shape index (κ3) is 3.66. The molecule has 4 nitrogen and oxygen atoms in total. The van der Waals surface area contributed by atoms with Crippen molar-refractivity contribution in [3.05, 3.63) is 35.8 Å². The van der Waals surface area contributed by atoms with Crippen LogP contribution in [0.1, 0.15) is 26.0 Å². The summed E-state index contributed by atoms with van der Waals surface area (Å²) in [5.41, 5.74) is 1.93. The number of nitrogens with zero attached hydrogens (tertiary/aromatic N) is 3. The van der Waals surface area contributed by atoms with E-state index in [-0.39, 0.29) is 5.82 Å². The van der Waals surface area contributed by atoms with Crippen molar-refractivity contribution in [3.8, 4) is 0 Å². The molecule has 108 valence electrons. The minimum absolute atomic E-state index is 0.217. The Morgan fingerprint density at radius 1 is 1.25 bits per heavy atom. The Bertz CT molecular complexity index is 526. The molecule has 0 aliphatic carbocycles. The predicted octanol–water partition coefficient (Wildman–Crippen LogP) is 3.53. The molecule has 1 aromatic heterocycles. The fourth-order valence-corrected chi connectivity index (χ4v) is 2.50. The molecule has 0 saturated heterocycles. The van der Waals surface area contributed by atoms with Gasteiger partial charge < -0.3 is 10.2 Å². The second kappa shape index (κ2) is 7.19. The molecule has 0 fully saturated rings. The van der Waals surface area contributed by atoms with Gasteiger partial charge in [-0.05, 0) is 37.6 Å². The molecule has 2 rings (SSSR count). The van der Waals surface area contributed by atoms with Gasteiger partial charge in [0.25, 0.3) is 0 Å². The average Bonchev–Trinajstić information content (AvgIpc) is 2.91. The Morgan fingerprint density at radius 2 is 2.00 bits per heavy atom. The zero-order valence-corrected chi connectivity index (χ0v) is 12.6. The van der Waals surface area contributed by atoms with Gasteiger partial charge in [-0.1, -0.05) is 11.4 Å². The van der Waals surface area contributed by atoms with Crippen molar-refractivity contribution < 1.29 is 4.39 Å². The molecule has 1 heterocycles. The van der Waals surface area contributed by atoms with Crippen LogP contribution in [0.2, 0.25) is 0 Å². The molecule has 0 aliphatic rings. The van der Waals surface area contributed by atoms with E-state index in [1.807, 2.05) is 0 Å². The highest BCUT2D eigenvalue weighted by atomic mass is 32.1.